The molecule has 2 fully saturated rings. The number of primary amides is 1. The Kier molecular flexibility index (Phi) is 5.41. The summed E-state index contributed by atoms with van der Waals surface area (Å²) in [6.45, 7) is 2.39. The summed E-state index contributed by atoms with van der Waals surface area (Å²) in [5.74, 6) is -0.213. The first-order chi connectivity index (χ1) is 12.4. The molecule has 2 unspecified atom stereocenters. The number of nitrogens with two attached hydrogens (primary N) is 1. The van der Waals surface area contributed by atoms with Gasteiger partial charge in [-0.15, -0.1) is 11.8 Å². The predicted octanol–water partition coefficient (Wildman–Crippen LogP) is 1.08. The average molecular weight is 377 g/mol. The van der Waals surface area contributed by atoms with Crippen LogP contribution in [0.4, 0.5) is 0 Å². The number of phenolic OH excluding ortho intramolecular Hbond substituents is 1. The molecule has 140 valence electrons. The van der Waals surface area contributed by atoms with Crippen LogP contribution in [0.15, 0.2) is 24.3 Å². The summed E-state index contributed by atoms with van der Waals surface area (Å²) in [5.41, 5.74) is 5.98. The lowest BCUT2D eigenvalue weighted by atomic mass is 9.96. The maximum absolute atomic E-state index is 13.0. The molecule has 2 saturated heterocycles. The lowest BCUT2D eigenvalue weighted by Gasteiger charge is -2.35. The van der Waals surface area contributed by atoms with E-state index < -0.39 is 6.04 Å². The number of carbonyl (C=O) groups is 3. The number of rotatable bonds is 3. The van der Waals surface area contributed by atoms with Crippen molar-refractivity contribution in [3.63, 3.8) is 0 Å². The van der Waals surface area contributed by atoms with Crippen LogP contribution in [0.2, 0.25) is 0 Å². The van der Waals surface area contributed by atoms with Gasteiger partial charge in [0, 0.05) is 37.2 Å². The molecular formula is C18H23N3O4S. The molecule has 1 aromatic rings. The van der Waals surface area contributed by atoms with Crippen LogP contribution in [0, 0.1) is 5.92 Å². The molecule has 0 aliphatic carbocycles. The maximum atomic E-state index is 13.0. The minimum Gasteiger partial charge on any atom is -0.508 e. The van der Waals surface area contributed by atoms with Crippen LogP contribution in [-0.4, -0.2) is 57.5 Å². The van der Waals surface area contributed by atoms with Gasteiger partial charge in [0.1, 0.15) is 17.2 Å². The second kappa shape index (κ2) is 7.57. The Labute approximate surface area is 156 Å². The van der Waals surface area contributed by atoms with Crippen LogP contribution < -0.4 is 5.73 Å². The zero-order valence-electron chi connectivity index (χ0n) is 14.6. The fourth-order valence-electron chi connectivity index (χ4n) is 3.61. The molecular weight excluding hydrogens is 354 g/mol. The number of para-hydroxylation sites is 1. The summed E-state index contributed by atoms with van der Waals surface area (Å²) in [6.07, 6.45) is 1.12. The van der Waals surface area contributed by atoms with E-state index in [0.29, 0.717) is 37.2 Å². The third kappa shape index (κ3) is 3.51. The van der Waals surface area contributed by atoms with Crippen LogP contribution >= 0.6 is 11.8 Å². The van der Waals surface area contributed by atoms with Gasteiger partial charge in [0.2, 0.25) is 17.7 Å². The molecule has 26 heavy (non-hydrogen) atoms. The van der Waals surface area contributed by atoms with Crippen molar-refractivity contribution in [3.8, 4) is 5.75 Å². The molecule has 0 bridgehead atoms. The van der Waals surface area contributed by atoms with E-state index in [2.05, 4.69) is 0 Å². The molecule has 3 amide bonds. The summed E-state index contributed by atoms with van der Waals surface area (Å²) in [4.78, 5) is 39.8. The van der Waals surface area contributed by atoms with Gasteiger partial charge in [-0.1, -0.05) is 18.2 Å². The monoisotopic (exact) mass is 377 g/mol. The standard InChI is InChI=1S/C18H23N3O4S/c1-11(22)21-14(10-26-18(21)13-4-2-3-5-15(13)23)17(25)20-8-6-12(7-9-20)16(19)24/h2-5,12,14,18,23H,6-10H2,1H3,(H2,19,24). The molecule has 2 aliphatic heterocycles. The largest absolute Gasteiger partial charge is 0.508 e. The van der Waals surface area contributed by atoms with Gasteiger partial charge in [-0.3, -0.25) is 14.4 Å². The predicted molar refractivity (Wildman–Crippen MR) is 98.1 cm³/mol. The molecule has 8 heteroatoms. The summed E-state index contributed by atoms with van der Waals surface area (Å²) < 4.78 is 0. The molecule has 1 aromatic carbocycles. The lowest BCUT2D eigenvalue weighted by molar-refractivity contribution is -0.145. The number of nitrogens with zero attached hydrogens (tertiary/aromatic N) is 2. The van der Waals surface area contributed by atoms with Gasteiger partial charge < -0.3 is 20.6 Å². The SMILES string of the molecule is CC(=O)N1C(C(=O)N2CCC(C(N)=O)CC2)CSC1c1ccccc1O. The first-order valence-corrected chi connectivity index (χ1v) is 9.71. The van der Waals surface area contributed by atoms with Crippen molar-refractivity contribution in [2.75, 3.05) is 18.8 Å². The minimum absolute atomic E-state index is 0.103. The third-order valence-corrected chi connectivity index (χ3v) is 6.37. The van der Waals surface area contributed by atoms with E-state index in [1.807, 2.05) is 0 Å². The van der Waals surface area contributed by atoms with E-state index in [-0.39, 0.29) is 34.8 Å². The Hall–Kier alpha value is -2.22. The smallest absolute Gasteiger partial charge is 0.246 e. The van der Waals surface area contributed by atoms with Gasteiger partial charge >= 0.3 is 0 Å². The van der Waals surface area contributed by atoms with Crippen LogP contribution in [0.25, 0.3) is 0 Å². The number of likely N-dealkylation sites (tertiary alicyclic amines) is 1. The van der Waals surface area contributed by atoms with E-state index in [9.17, 15) is 19.5 Å². The summed E-state index contributed by atoms with van der Waals surface area (Å²) in [6, 6.07) is 6.32. The van der Waals surface area contributed by atoms with Gasteiger partial charge in [0.05, 0.1) is 0 Å². The molecule has 2 atom stereocenters. The maximum Gasteiger partial charge on any atom is 0.246 e. The fourth-order valence-corrected chi connectivity index (χ4v) is 5.11. The van der Waals surface area contributed by atoms with Crippen molar-refractivity contribution in [1.82, 2.24) is 9.80 Å². The Morgan fingerprint density at radius 1 is 1.19 bits per heavy atom. The highest BCUT2D eigenvalue weighted by atomic mass is 32.2. The van der Waals surface area contributed by atoms with E-state index in [0.717, 1.165) is 0 Å². The molecule has 7 nitrogen and oxygen atoms in total. The second-order valence-corrected chi connectivity index (χ2v) is 7.80. The van der Waals surface area contributed by atoms with Crippen LogP contribution in [0.3, 0.4) is 0 Å². The summed E-state index contributed by atoms with van der Waals surface area (Å²) in [5, 5.41) is 9.75. The van der Waals surface area contributed by atoms with Crippen molar-refractivity contribution in [1.29, 1.82) is 0 Å². The number of piperidine rings is 1. The summed E-state index contributed by atoms with van der Waals surface area (Å²) >= 11 is 1.48. The van der Waals surface area contributed by atoms with Crippen molar-refractivity contribution >= 4 is 29.5 Å². The number of amides is 3. The quantitative estimate of drug-likeness (QED) is 0.820. The first-order valence-electron chi connectivity index (χ1n) is 8.66. The van der Waals surface area contributed by atoms with E-state index >= 15 is 0 Å². The van der Waals surface area contributed by atoms with Crippen LogP contribution in [0.5, 0.6) is 5.75 Å². The number of phenols is 1. The minimum atomic E-state index is -0.563. The van der Waals surface area contributed by atoms with Gasteiger partial charge in [0.25, 0.3) is 0 Å². The number of hydrogen-bond donors (Lipinski definition) is 2. The number of thioether (sulfide) groups is 1. The van der Waals surface area contributed by atoms with Crippen molar-refractivity contribution in [2.24, 2.45) is 11.7 Å². The first kappa shape index (κ1) is 18.6. The normalized spacial score (nSPS) is 23.9. The van der Waals surface area contributed by atoms with E-state index in [1.54, 1.807) is 34.1 Å². The molecule has 2 aliphatic rings. The topological polar surface area (TPSA) is 104 Å². The Morgan fingerprint density at radius 3 is 2.42 bits per heavy atom. The number of hydrogen-bond acceptors (Lipinski definition) is 5. The zero-order valence-corrected chi connectivity index (χ0v) is 15.4. The average Bonchev–Trinajstić information content (AvgIpc) is 3.06. The Balaban J connectivity index is 1.76. The molecule has 0 aromatic heterocycles. The van der Waals surface area contributed by atoms with Crippen molar-refractivity contribution in [2.45, 2.75) is 31.2 Å². The summed E-state index contributed by atoms with van der Waals surface area (Å²) in [7, 11) is 0. The number of benzene rings is 1. The zero-order chi connectivity index (χ0) is 18.8. The van der Waals surface area contributed by atoms with Crippen molar-refractivity contribution < 1.29 is 19.5 Å². The number of carbonyl (C=O) groups excluding carboxylic acids is 3. The van der Waals surface area contributed by atoms with Crippen LogP contribution in [-0.2, 0) is 14.4 Å². The van der Waals surface area contributed by atoms with Crippen LogP contribution in [0.1, 0.15) is 30.7 Å². The van der Waals surface area contributed by atoms with Crippen molar-refractivity contribution in [3.05, 3.63) is 29.8 Å². The Morgan fingerprint density at radius 2 is 1.85 bits per heavy atom. The lowest BCUT2D eigenvalue weighted by Crippen LogP contribution is -2.51. The molecule has 0 spiro atoms. The fraction of sp³-hybridized carbons (Fsp3) is 0.500. The van der Waals surface area contributed by atoms with Gasteiger partial charge in [-0.2, -0.15) is 0 Å². The Bertz CT molecular complexity index is 718. The highest BCUT2D eigenvalue weighted by Gasteiger charge is 2.43. The molecule has 2 heterocycles. The molecule has 0 radical (unpaired) electrons. The molecule has 3 N–H and O–H groups in total. The number of aromatic hydroxyl groups is 1. The molecule has 3 rings (SSSR count). The third-order valence-electron chi connectivity index (χ3n) is 5.06. The molecule has 0 saturated carbocycles. The van der Waals surface area contributed by atoms with E-state index in [4.69, 9.17) is 5.73 Å². The highest BCUT2D eigenvalue weighted by molar-refractivity contribution is 7.99. The van der Waals surface area contributed by atoms with Gasteiger partial charge in [-0.25, -0.2) is 0 Å². The van der Waals surface area contributed by atoms with Gasteiger partial charge in [-0.05, 0) is 18.9 Å². The van der Waals surface area contributed by atoms with E-state index in [1.165, 1.54) is 18.7 Å². The van der Waals surface area contributed by atoms with Gasteiger partial charge in [0.15, 0.2) is 0 Å². The highest BCUT2D eigenvalue weighted by Crippen LogP contribution is 2.44. The second-order valence-electron chi connectivity index (χ2n) is 6.69.